The number of nitrogens with zero attached hydrogens (tertiary/aromatic N) is 1. The molecule has 0 radical (unpaired) electrons. The normalized spacial score (nSPS) is 16.8. The summed E-state index contributed by atoms with van der Waals surface area (Å²) in [6.45, 7) is 6.26. The molecule has 0 aromatic carbocycles. The number of nitrogens with one attached hydrogen (secondary N) is 2. The molecule has 0 aliphatic carbocycles. The van der Waals surface area contributed by atoms with Gasteiger partial charge in [0.25, 0.3) is 5.91 Å². The molecule has 3 atom stereocenters. The first-order chi connectivity index (χ1) is 9.84. The standard InChI is InChI=1S/C15H24ClN3O2/c1-4-11(2)18-10-15(3,21)8-13(16)19-14(20)12-6-5-7-17-9-12/h5-7,9,11,13,18,21H,4,8,10H2,1-3H3,(H,19,20)/t11-,13+,15-/m1/s1. The zero-order valence-electron chi connectivity index (χ0n) is 12.8. The van der Waals surface area contributed by atoms with Crippen LogP contribution in [-0.2, 0) is 0 Å². The Morgan fingerprint density at radius 3 is 2.86 bits per heavy atom. The van der Waals surface area contributed by atoms with Crippen molar-refractivity contribution < 1.29 is 9.90 Å². The van der Waals surface area contributed by atoms with E-state index in [1.807, 2.05) is 0 Å². The maximum absolute atomic E-state index is 11.9. The average molecular weight is 314 g/mol. The molecule has 1 heterocycles. The number of hydrogen-bond acceptors (Lipinski definition) is 4. The first-order valence-corrected chi connectivity index (χ1v) is 7.58. The maximum atomic E-state index is 11.9. The Hall–Kier alpha value is -1.17. The number of amides is 1. The summed E-state index contributed by atoms with van der Waals surface area (Å²) in [7, 11) is 0. The van der Waals surface area contributed by atoms with E-state index in [1.54, 1.807) is 25.3 Å². The van der Waals surface area contributed by atoms with E-state index < -0.39 is 11.1 Å². The predicted octanol–water partition coefficient (Wildman–Crippen LogP) is 1.91. The molecular formula is C15H24ClN3O2. The van der Waals surface area contributed by atoms with Crippen molar-refractivity contribution in [2.75, 3.05) is 6.54 Å². The molecule has 0 bridgehead atoms. The van der Waals surface area contributed by atoms with Crippen LogP contribution in [0.1, 0.15) is 44.0 Å². The lowest BCUT2D eigenvalue weighted by molar-refractivity contribution is 0.0446. The second-order valence-corrected chi connectivity index (χ2v) is 6.10. The van der Waals surface area contributed by atoms with E-state index in [2.05, 4.69) is 29.5 Å². The van der Waals surface area contributed by atoms with Gasteiger partial charge in [0.05, 0.1) is 11.2 Å². The number of alkyl halides is 1. The summed E-state index contributed by atoms with van der Waals surface area (Å²) >= 11 is 6.12. The highest BCUT2D eigenvalue weighted by molar-refractivity contribution is 6.21. The number of aromatic nitrogens is 1. The van der Waals surface area contributed by atoms with Crippen LogP contribution in [0.15, 0.2) is 24.5 Å². The third kappa shape index (κ3) is 6.89. The molecule has 118 valence electrons. The minimum absolute atomic E-state index is 0.254. The molecule has 0 fully saturated rings. The molecule has 0 aliphatic heterocycles. The molecule has 5 nitrogen and oxygen atoms in total. The Bertz CT molecular complexity index is 440. The second kappa shape index (κ2) is 8.32. The number of carbonyl (C=O) groups excluding carboxylic acids is 1. The summed E-state index contributed by atoms with van der Waals surface area (Å²) in [5.74, 6) is -0.297. The van der Waals surface area contributed by atoms with Gasteiger partial charge >= 0.3 is 0 Å². The zero-order valence-corrected chi connectivity index (χ0v) is 13.5. The summed E-state index contributed by atoms with van der Waals surface area (Å²) < 4.78 is 0. The van der Waals surface area contributed by atoms with Crippen molar-refractivity contribution in [2.45, 2.75) is 50.8 Å². The molecule has 0 unspecified atom stereocenters. The Balaban J connectivity index is 2.45. The molecule has 1 rings (SSSR count). The molecular weight excluding hydrogens is 290 g/mol. The molecule has 0 spiro atoms. The summed E-state index contributed by atoms with van der Waals surface area (Å²) in [5.41, 5.74) is -1.19. The van der Waals surface area contributed by atoms with Crippen LogP contribution in [0.25, 0.3) is 0 Å². The number of hydrogen-bond donors (Lipinski definition) is 3. The van der Waals surface area contributed by atoms with Crippen molar-refractivity contribution in [3.8, 4) is 0 Å². The minimum atomic E-state index is -0.988. The molecule has 1 aromatic rings. The summed E-state index contributed by atoms with van der Waals surface area (Å²) in [4.78, 5) is 15.8. The second-order valence-electron chi connectivity index (χ2n) is 5.57. The zero-order chi connectivity index (χ0) is 15.9. The van der Waals surface area contributed by atoms with Gasteiger partial charge < -0.3 is 15.7 Å². The fraction of sp³-hybridized carbons (Fsp3) is 0.600. The number of carbonyl (C=O) groups is 1. The monoisotopic (exact) mass is 313 g/mol. The molecule has 0 aliphatic rings. The molecule has 1 amide bonds. The number of pyridine rings is 1. The fourth-order valence-corrected chi connectivity index (χ4v) is 2.20. The van der Waals surface area contributed by atoms with Gasteiger partial charge in [0, 0.05) is 31.4 Å². The largest absolute Gasteiger partial charge is 0.389 e. The van der Waals surface area contributed by atoms with Gasteiger partial charge in [0.2, 0.25) is 0 Å². The van der Waals surface area contributed by atoms with E-state index in [1.165, 1.54) is 6.20 Å². The third-order valence-electron chi connectivity index (χ3n) is 3.27. The van der Waals surface area contributed by atoms with Crippen molar-refractivity contribution >= 4 is 17.5 Å². The molecule has 21 heavy (non-hydrogen) atoms. The van der Waals surface area contributed by atoms with Crippen LogP contribution in [0.2, 0.25) is 0 Å². The molecule has 1 aromatic heterocycles. The van der Waals surface area contributed by atoms with Crippen LogP contribution < -0.4 is 10.6 Å². The maximum Gasteiger partial charge on any atom is 0.253 e. The van der Waals surface area contributed by atoms with Gasteiger partial charge in [-0.3, -0.25) is 9.78 Å². The van der Waals surface area contributed by atoms with Gasteiger partial charge in [-0.2, -0.15) is 0 Å². The van der Waals surface area contributed by atoms with E-state index in [4.69, 9.17) is 11.6 Å². The molecule has 6 heteroatoms. The van der Waals surface area contributed by atoms with Crippen molar-refractivity contribution in [2.24, 2.45) is 0 Å². The minimum Gasteiger partial charge on any atom is -0.389 e. The van der Waals surface area contributed by atoms with Gasteiger partial charge in [-0.1, -0.05) is 18.5 Å². The molecule has 0 saturated heterocycles. The van der Waals surface area contributed by atoms with Gasteiger partial charge in [-0.05, 0) is 32.4 Å². The van der Waals surface area contributed by atoms with Gasteiger partial charge in [-0.25, -0.2) is 0 Å². The van der Waals surface area contributed by atoms with Crippen molar-refractivity contribution in [3.63, 3.8) is 0 Å². The van der Waals surface area contributed by atoms with Crippen LogP contribution in [0, 0.1) is 0 Å². The number of aliphatic hydroxyl groups is 1. The summed E-state index contributed by atoms with van der Waals surface area (Å²) in [5, 5.41) is 16.2. The van der Waals surface area contributed by atoms with Gasteiger partial charge in [0.1, 0.15) is 5.50 Å². The van der Waals surface area contributed by atoms with E-state index >= 15 is 0 Å². The van der Waals surface area contributed by atoms with Crippen molar-refractivity contribution in [1.82, 2.24) is 15.6 Å². The fourth-order valence-electron chi connectivity index (χ4n) is 1.77. The van der Waals surface area contributed by atoms with E-state index in [-0.39, 0.29) is 12.3 Å². The van der Waals surface area contributed by atoms with Crippen LogP contribution in [0.4, 0.5) is 0 Å². The van der Waals surface area contributed by atoms with Crippen LogP contribution >= 0.6 is 11.6 Å². The number of halogens is 1. The highest BCUT2D eigenvalue weighted by Crippen LogP contribution is 2.15. The third-order valence-corrected chi connectivity index (χ3v) is 3.54. The Morgan fingerprint density at radius 1 is 1.57 bits per heavy atom. The molecule has 3 N–H and O–H groups in total. The smallest absolute Gasteiger partial charge is 0.253 e. The van der Waals surface area contributed by atoms with E-state index in [0.717, 1.165) is 6.42 Å². The van der Waals surface area contributed by atoms with Gasteiger partial charge in [-0.15, -0.1) is 0 Å². The SMILES string of the molecule is CC[C@@H](C)NC[C@](C)(O)C[C@@H](Cl)NC(=O)c1cccnc1. The lowest BCUT2D eigenvalue weighted by atomic mass is 10.0. The lowest BCUT2D eigenvalue weighted by Gasteiger charge is -2.28. The van der Waals surface area contributed by atoms with Crippen molar-refractivity contribution in [3.05, 3.63) is 30.1 Å². The predicted molar refractivity (Wildman–Crippen MR) is 84.3 cm³/mol. The Labute approximate surface area is 131 Å². The van der Waals surface area contributed by atoms with Crippen molar-refractivity contribution in [1.29, 1.82) is 0 Å². The summed E-state index contributed by atoms with van der Waals surface area (Å²) in [6, 6.07) is 3.68. The Morgan fingerprint density at radius 2 is 2.29 bits per heavy atom. The summed E-state index contributed by atoms with van der Waals surface area (Å²) in [6.07, 6.45) is 4.31. The highest BCUT2D eigenvalue weighted by atomic mass is 35.5. The van der Waals surface area contributed by atoms with E-state index in [9.17, 15) is 9.90 Å². The number of rotatable bonds is 8. The van der Waals surface area contributed by atoms with E-state index in [0.29, 0.717) is 18.2 Å². The lowest BCUT2D eigenvalue weighted by Crippen LogP contribution is -2.45. The highest BCUT2D eigenvalue weighted by Gasteiger charge is 2.25. The Kier molecular flexibility index (Phi) is 7.08. The first kappa shape index (κ1) is 17.9. The quantitative estimate of drug-likeness (QED) is 0.506. The average Bonchev–Trinajstić information content (AvgIpc) is 2.45. The first-order valence-electron chi connectivity index (χ1n) is 7.15. The van der Waals surface area contributed by atoms with Crippen LogP contribution in [-0.4, -0.2) is 39.7 Å². The molecule has 0 saturated carbocycles. The van der Waals surface area contributed by atoms with Crippen LogP contribution in [0.3, 0.4) is 0 Å². The topological polar surface area (TPSA) is 74.2 Å². The van der Waals surface area contributed by atoms with Crippen LogP contribution in [0.5, 0.6) is 0 Å². The van der Waals surface area contributed by atoms with Gasteiger partial charge in [0.15, 0.2) is 0 Å².